The Morgan fingerprint density at radius 3 is 2.55 bits per heavy atom. The van der Waals surface area contributed by atoms with Gasteiger partial charge in [0.1, 0.15) is 10.8 Å². The van der Waals surface area contributed by atoms with Crippen LogP contribution >= 0.6 is 22.9 Å². The van der Waals surface area contributed by atoms with Gasteiger partial charge < -0.3 is 5.32 Å². The Bertz CT molecular complexity index is 1320. The van der Waals surface area contributed by atoms with Crippen molar-refractivity contribution in [1.82, 2.24) is 15.0 Å². The maximum absolute atomic E-state index is 6.31. The van der Waals surface area contributed by atoms with Gasteiger partial charge in [-0.25, -0.2) is 9.97 Å². The molecular weight excluding hydrogens is 400 g/mol. The predicted octanol–water partition coefficient (Wildman–Crippen LogP) is 6.82. The summed E-state index contributed by atoms with van der Waals surface area (Å²) in [5.74, 6) is 0.705. The summed E-state index contributed by atoms with van der Waals surface area (Å²) in [6.45, 7) is 0. The zero-order chi connectivity index (χ0) is 19.6. The SMILES string of the molecule is Clc1ccccc1-c1nc(-c2cccc(Nc3cnc4ccccc4n3)c2)cs1. The van der Waals surface area contributed by atoms with Crippen molar-refractivity contribution in [3.05, 3.63) is 89.4 Å². The van der Waals surface area contributed by atoms with Crippen LogP contribution in [0.2, 0.25) is 5.02 Å². The van der Waals surface area contributed by atoms with E-state index in [1.54, 1.807) is 17.5 Å². The summed E-state index contributed by atoms with van der Waals surface area (Å²) in [5, 5.41) is 7.00. The first-order valence-electron chi connectivity index (χ1n) is 9.06. The quantitative estimate of drug-likeness (QED) is 0.350. The molecule has 0 aliphatic carbocycles. The summed E-state index contributed by atoms with van der Waals surface area (Å²) in [6.07, 6.45) is 1.74. The van der Waals surface area contributed by atoms with Crippen LogP contribution in [-0.2, 0) is 0 Å². The molecule has 1 N–H and O–H groups in total. The second-order valence-electron chi connectivity index (χ2n) is 6.47. The van der Waals surface area contributed by atoms with Crippen molar-refractivity contribution in [3.8, 4) is 21.8 Å². The van der Waals surface area contributed by atoms with Crippen molar-refractivity contribution in [1.29, 1.82) is 0 Å². The van der Waals surface area contributed by atoms with Gasteiger partial charge in [-0.15, -0.1) is 11.3 Å². The number of thiazole rings is 1. The Labute approximate surface area is 176 Å². The summed E-state index contributed by atoms with van der Waals surface area (Å²) in [5.41, 5.74) is 5.56. The van der Waals surface area contributed by atoms with Crippen molar-refractivity contribution in [2.24, 2.45) is 0 Å². The van der Waals surface area contributed by atoms with Gasteiger partial charge in [-0.05, 0) is 30.3 Å². The maximum Gasteiger partial charge on any atom is 0.149 e. The van der Waals surface area contributed by atoms with Gasteiger partial charge in [0.05, 0.1) is 27.9 Å². The molecule has 0 fully saturated rings. The second-order valence-corrected chi connectivity index (χ2v) is 7.73. The Kier molecular flexibility index (Phi) is 4.68. The zero-order valence-corrected chi connectivity index (χ0v) is 16.8. The zero-order valence-electron chi connectivity index (χ0n) is 15.2. The topological polar surface area (TPSA) is 50.7 Å². The number of fused-ring (bicyclic) bond motifs is 1. The molecule has 0 unspecified atom stereocenters. The van der Waals surface area contributed by atoms with E-state index in [-0.39, 0.29) is 0 Å². The van der Waals surface area contributed by atoms with Crippen LogP contribution in [0, 0.1) is 0 Å². The van der Waals surface area contributed by atoms with Gasteiger partial charge in [0.15, 0.2) is 0 Å². The van der Waals surface area contributed by atoms with Crippen molar-refractivity contribution in [2.45, 2.75) is 0 Å². The highest BCUT2D eigenvalue weighted by Gasteiger charge is 2.10. The van der Waals surface area contributed by atoms with E-state index < -0.39 is 0 Å². The predicted molar refractivity (Wildman–Crippen MR) is 121 cm³/mol. The van der Waals surface area contributed by atoms with Crippen LogP contribution in [0.25, 0.3) is 32.9 Å². The number of nitrogens with one attached hydrogen (secondary N) is 1. The Hall–Kier alpha value is -3.28. The number of benzene rings is 3. The molecule has 0 radical (unpaired) electrons. The average Bonchev–Trinajstić information content (AvgIpc) is 3.24. The third-order valence-electron chi connectivity index (χ3n) is 4.49. The van der Waals surface area contributed by atoms with Crippen LogP contribution in [0.4, 0.5) is 11.5 Å². The minimum absolute atomic E-state index is 0.705. The number of rotatable bonds is 4. The van der Waals surface area contributed by atoms with Crippen LogP contribution in [0.3, 0.4) is 0 Å². The van der Waals surface area contributed by atoms with E-state index in [0.717, 1.165) is 38.5 Å². The molecule has 0 aliphatic heterocycles. The molecular formula is C23H15ClN4S. The number of aromatic nitrogens is 3. The maximum atomic E-state index is 6.31. The van der Waals surface area contributed by atoms with Gasteiger partial charge in [-0.3, -0.25) is 4.98 Å². The molecule has 0 atom stereocenters. The summed E-state index contributed by atoms with van der Waals surface area (Å²) >= 11 is 7.90. The molecule has 2 heterocycles. The van der Waals surface area contributed by atoms with Gasteiger partial charge in [0.2, 0.25) is 0 Å². The highest BCUT2D eigenvalue weighted by molar-refractivity contribution is 7.13. The normalized spacial score (nSPS) is 10.9. The Balaban J connectivity index is 1.43. The first-order valence-corrected chi connectivity index (χ1v) is 10.3. The van der Waals surface area contributed by atoms with Crippen LogP contribution in [0.1, 0.15) is 0 Å². The molecule has 0 bridgehead atoms. The van der Waals surface area contributed by atoms with E-state index in [2.05, 4.69) is 21.4 Å². The molecule has 140 valence electrons. The molecule has 0 saturated carbocycles. The monoisotopic (exact) mass is 414 g/mol. The molecule has 2 aromatic heterocycles. The molecule has 29 heavy (non-hydrogen) atoms. The number of anilines is 2. The Morgan fingerprint density at radius 2 is 1.66 bits per heavy atom. The van der Waals surface area contributed by atoms with Gasteiger partial charge in [0.25, 0.3) is 0 Å². The van der Waals surface area contributed by atoms with Gasteiger partial charge in [0, 0.05) is 22.2 Å². The molecule has 0 aliphatic rings. The van der Waals surface area contributed by atoms with Crippen molar-refractivity contribution < 1.29 is 0 Å². The number of hydrogen-bond donors (Lipinski definition) is 1. The molecule has 0 saturated heterocycles. The van der Waals surface area contributed by atoms with E-state index >= 15 is 0 Å². The smallest absolute Gasteiger partial charge is 0.149 e. The first-order chi connectivity index (χ1) is 14.3. The summed E-state index contributed by atoms with van der Waals surface area (Å²) in [6, 6.07) is 23.7. The van der Waals surface area contributed by atoms with Gasteiger partial charge in [-0.2, -0.15) is 0 Å². The van der Waals surface area contributed by atoms with Crippen LogP contribution in [0.5, 0.6) is 0 Å². The lowest BCUT2D eigenvalue weighted by Gasteiger charge is -2.07. The van der Waals surface area contributed by atoms with Crippen LogP contribution < -0.4 is 5.32 Å². The third kappa shape index (κ3) is 3.70. The van der Waals surface area contributed by atoms with E-state index in [9.17, 15) is 0 Å². The molecule has 3 aromatic carbocycles. The van der Waals surface area contributed by atoms with Crippen molar-refractivity contribution in [3.63, 3.8) is 0 Å². The van der Waals surface area contributed by atoms with Gasteiger partial charge in [-0.1, -0.05) is 54.1 Å². The molecule has 5 aromatic rings. The summed E-state index contributed by atoms with van der Waals surface area (Å²) in [7, 11) is 0. The lowest BCUT2D eigenvalue weighted by molar-refractivity contribution is 1.28. The highest BCUT2D eigenvalue weighted by Crippen LogP contribution is 2.33. The van der Waals surface area contributed by atoms with E-state index in [0.29, 0.717) is 10.8 Å². The number of halogens is 1. The van der Waals surface area contributed by atoms with Crippen LogP contribution in [0.15, 0.2) is 84.4 Å². The Morgan fingerprint density at radius 1 is 0.828 bits per heavy atom. The fourth-order valence-corrected chi connectivity index (χ4v) is 4.24. The summed E-state index contributed by atoms with van der Waals surface area (Å²) in [4.78, 5) is 13.9. The fraction of sp³-hybridized carbons (Fsp3) is 0. The van der Waals surface area contributed by atoms with E-state index in [1.165, 1.54) is 0 Å². The number of hydrogen-bond acceptors (Lipinski definition) is 5. The third-order valence-corrected chi connectivity index (χ3v) is 5.69. The minimum atomic E-state index is 0.705. The van der Waals surface area contributed by atoms with Crippen molar-refractivity contribution in [2.75, 3.05) is 5.32 Å². The van der Waals surface area contributed by atoms with E-state index in [4.69, 9.17) is 16.6 Å². The van der Waals surface area contributed by atoms with Crippen LogP contribution in [-0.4, -0.2) is 15.0 Å². The molecule has 6 heteroatoms. The number of nitrogens with zero attached hydrogens (tertiary/aromatic N) is 3. The van der Waals surface area contributed by atoms with Gasteiger partial charge >= 0.3 is 0 Å². The number of para-hydroxylation sites is 2. The molecule has 5 rings (SSSR count). The lowest BCUT2D eigenvalue weighted by atomic mass is 10.1. The van der Waals surface area contributed by atoms with E-state index in [1.807, 2.05) is 72.1 Å². The van der Waals surface area contributed by atoms with Crippen molar-refractivity contribution >= 4 is 45.5 Å². The fourth-order valence-electron chi connectivity index (χ4n) is 3.09. The second kappa shape index (κ2) is 7.62. The molecule has 0 spiro atoms. The average molecular weight is 415 g/mol. The molecule has 0 amide bonds. The molecule has 4 nitrogen and oxygen atoms in total. The highest BCUT2D eigenvalue weighted by atomic mass is 35.5. The lowest BCUT2D eigenvalue weighted by Crippen LogP contribution is -1.95. The summed E-state index contributed by atoms with van der Waals surface area (Å²) < 4.78 is 0. The minimum Gasteiger partial charge on any atom is -0.339 e. The largest absolute Gasteiger partial charge is 0.339 e. The first kappa shape index (κ1) is 17.8. The standard InChI is InChI=1S/C23H15ClN4S/c24-18-9-2-1-8-17(18)23-28-21(14-29-23)15-6-5-7-16(12-15)26-22-13-25-19-10-3-4-11-20(19)27-22/h1-14H,(H,26,27).